The van der Waals surface area contributed by atoms with Crippen LogP contribution in [0.1, 0.15) is 18.9 Å². The van der Waals surface area contributed by atoms with E-state index in [1.54, 1.807) is 31.2 Å². The number of methoxy groups -OCH3 is 1. The maximum absolute atomic E-state index is 12.3. The van der Waals surface area contributed by atoms with Crippen LogP contribution in [-0.4, -0.2) is 94.2 Å². The fourth-order valence-electron chi connectivity index (χ4n) is 2.77. The van der Waals surface area contributed by atoms with Gasteiger partial charge >= 0.3 is 18.2 Å². The van der Waals surface area contributed by atoms with Crippen LogP contribution < -0.4 is 4.74 Å². The molecule has 0 saturated heterocycles. The molecule has 1 aromatic carbocycles. The van der Waals surface area contributed by atoms with Crippen molar-refractivity contribution >= 4 is 12.1 Å². The van der Waals surface area contributed by atoms with Crippen LogP contribution in [0.2, 0.25) is 0 Å². The Bertz CT molecular complexity index is 715. The molecule has 0 spiro atoms. The largest absolute Gasteiger partial charge is 0.492 e. The zero-order valence-electron chi connectivity index (χ0n) is 19.3. The minimum Gasteiger partial charge on any atom is -0.492 e. The first-order valence-corrected chi connectivity index (χ1v) is 10.8. The van der Waals surface area contributed by atoms with Crippen LogP contribution in [0.15, 0.2) is 24.3 Å². The van der Waals surface area contributed by atoms with Gasteiger partial charge in [0.1, 0.15) is 25.6 Å². The highest BCUT2D eigenvalue weighted by Gasteiger charge is 2.27. The number of amides is 1. The van der Waals surface area contributed by atoms with Crippen molar-refractivity contribution in [1.29, 1.82) is 0 Å². The molecule has 0 aliphatic carbocycles. The van der Waals surface area contributed by atoms with Gasteiger partial charge in [-0.1, -0.05) is 12.1 Å². The summed E-state index contributed by atoms with van der Waals surface area (Å²) in [5.41, 5.74) is 0.760. The number of hydrogen-bond acceptors (Lipinski definition) is 7. The summed E-state index contributed by atoms with van der Waals surface area (Å²) in [4.78, 5) is 24.8. The van der Waals surface area contributed by atoms with Crippen LogP contribution in [0.25, 0.3) is 0 Å². The normalized spacial score (nSPS) is 12.3. The molecule has 1 unspecified atom stereocenters. The van der Waals surface area contributed by atoms with Gasteiger partial charge in [-0.3, -0.25) is 0 Å². The zero-order valence-corrected chi connectivity index (χ0v) is 19.3. The lowest BCUT2D eigenvalue weighted by Gasteiger charge is -2.22. The first kappa shape index (κ1) is 29.5. The van der Waals surface area contributed by atoms with E-state index < -0.39 is 30.9 Å². The van der Waals surface area contributed by atoms with Crippen molar-refractivity contribution < 1.29 is 51.6 Å². The van der Waals surface area contributed by atoms with Crippen molar-refractivity contribution in [2.45, 2.75) is 32.0 Å². The van der Waals surface area contributed by atoms with Crippen molar-refractivity contribution in [3.05, 3.63) is 29.8 Å². The minimum atomic E-state index is -4.40. The van der Waals surface area contributed by atoms with E-state index in [0.717, 1.165) is 5.56 Å². The maximum Gasteiger partial charge on any atom is 0.411 e. The first-order valence-electron chi connectivity index (χ1n) is 10.8. The molecule has 12 heteroatoms. The lowest BCUT2D eigenvalue weighted by atomic mass is 10.1. The van der Waals surface area contributed by atoms with E-state index in [4.69, 9.17) is 18.9 Å². The van der Waals surface area contributed by atoms with Crippen molar-refractivity contribution in [3.8, 4) is 5.75 Å². The van der Waals surface area contributed by atoms with Gasteiger partial charge in [0.25, 0.3) is 0 Å². The van der Waals surface area contributed by atoms with Crippen LogP contribution >= 0.6 is 0 Å². The molecule has 0 fully saturated rings. The van der Waals surface area contributed by atoms with Gasteiger partial charge in [0.2, 0.25) is 0 Å². The highest BCUT2D eigenvalue weighted by Crippen LogP contribution is 2.16. The summed E-state index contributed by atoms with van der Waals surface area (Å²) < 4.78 is 61.8. The van der Waals surface area contributed by atoms with Gasteiger partial charge < -0.3 is 33.7 Å². The van der Waals surface area contributed by atoms with Crippen LogP contribution in [0.5, 0.6) is 5.75 Å². The number of nitrogens with zero attached hydrogens (tertiary/aromatic N) is 1. The first-order chi connectivity index (χ1) is 16.2. The van der Waals surface area contributed by atoms with E-state index in [1.807, 2.05) is 0 Å². The smallest absolute Gasteiger partial charge is 0.411 e. The Balaban J connectivity index is 2.53. The Morgan fingerprint density at radius 2 is 1.76 bits per heavy atom. The molecule has 0 aliphatic rings. The Hall–Kier alpha value is -2.57. The molecule has 9 nitrogen and oxygen atoms in total. The van der Waals surface area contributed by atoms with Crippen molar-refractivity contribution in [1.82, 2.24) is 4.90 Å². The Morgan fingerprint density at radius 3 is 2.35 bits per heavy atom. The highest BCUT2D eigenvalue weighted by atomic mass is 19.4. The third-order valence-corrected chi connectivity index (χ3v) is 4.37. The number of rotatable bonds is 17. The standard InChI is InChI=1S/C22H32F3NO8/c1-3-32-19(20(27)28)15-17-5-7-18(8-6-17)33-12-10-26(21(29)34-14-13-30-2)9-4-11-31-16-22(23,24)25/h5-8,19H,3-4,9-16H2,1-2H3,(H,27,28). The topological polar surface area (TPSA) is 104 Å². The van der Waals surface area contributed by atoms with Crippen molar-refractivity contribution in [2.24, 2.45) is 0 Å². The molecule has 0 saturated carbocycles. The summed E-state index contributed by atoms with van der Waals surface area (Å²) in [6, 6.07) is 6.79. The number of carboxylic acid groups (broad SMARTS) is 1. The third-order valence-electron chi connectivity index (χ3n) is 4.37. The second-order valence-corrected chi connectivity index (χ2v) is 7.09. The zero-order chi connectivity index (χ0) is 25.4. The molecule has 0 aromatic heterocycles. The van der Waals surface area contributed by atoms with E-state index in [9.17, 15) is 27.9 Å². The van der Waals surface area contributed by atoms with E-state index in [0.29, 0.717) is 5.75 Å². The number of halogens is 3. The van der Waals surface area contributed by atoms with Crippen LogP contribution in [0.3, 0.4) is 0 Å². The lowest BCUT2D eigenvalue weighted by Crippen LogP contribution is -2.37. The monoisotopic (exact) mass is 495 g/mol. The number of carbonyl (C=O) groups is 2. The SMILES string of the molecule is CCOC(Cc1ccc(OCCN(CCCOCC(F)(F)F)C(=O)OCCOC)cc1)C(=O)O. The molecule has 0 radical (unpaired) electrons. The fourth-order valence-corrected chi connectivity index (χ4v) is 2.77. The number of alkyl halides is 3. The number of benzene rings is 1. The van der Waals surface area contributed by atoms with Gasteiger partial charge in [0.15, 0.2) is 6.10 Å². The molecule has 0 heterocycles. The van der Waals surface area contributed by atoms with Gasteiger partial charge in [0.05, 0.1) is 13.2 Å². The Morgan fingerprint density at radius 1 is 1.06 bits per heavy atom. The molecule has 1 N–H and O–H groups in total. The van der Waals surface area contributed by atoms with E-state index in [-0.39, 0.29) is 59.0 Å². The average molecular weight is 495 g/mol. The number of aliphatic carboxylic acids is 1. The van der Waals surface area contributed by atoms with Gasteiger partial charge in [-0.25, -0.2) is 9.59 Å². The molecular formula is C22H32F3NO8. The molecule has 34 heavy (non-hydrogen) atoms. The van der Waals surface area contributed by atoms with E-state index >= 15 is 0 Å². The third kappa shape index (κ3) is 13.2. The molecule has 0 aliphatic heterocycles. The Kier molecular flexibility index (Phi) is 14.0. The Labute approximate surface area is 196 Å². The number of carboxylic acids is 1. The second-order valence-electron chi connectivity index (χ2n) is 7.09. The van der Waals surface area contributed by atoms with Crippen molar-refractivity contribution in [3.63, 3.8) is 0 Å². The predicted octanol–water partition coefficient (Wildman–Crippen LogP) is 3.15. The second kappa shape index (κ2) is 16.1. The fraction of sp³-hybridized carbons (Fsp3) is 0.636. The van der Waals surface area contributed by atoms with Crippen LogP contribution in [0, 0.1) is 0 Å². The number of carbonyl (C=O) groups excluding carboxylic acids is 1. The van der Waals surface area contributed by atoms with E-state index in [1.165, 1.54) is 12.0 Å². The molecule has 1 rings (SSSR count). The molecular weight excluding hydrogens is 463 g/mol. The molecule has 1 aromatic rings. The van der Waals surface area contributed by atoms with Crippen LogP contribution in [-0.2, 0) is 30.2 Å². The molecule has 1 atom stereocenters. The molecule has 0 bridgehead atoms. The summed E-state index contributed by atoms with van der Waals surface area (Å²) in [5.74, 6) is -0.531. The summed E-state index contributed by atoms with van der Waals surface area (Å²) >= 11 is 0. The van der Waals surface area contributed by atoms with Crippen LogP contribution in [0.4, 0.5) is 18.0 Å². The number of ether oxygens (including phenoxy) is 5. The summed E-state index contributed by atoms with van der Waals surface area (Å²) in [6.45, 7) is 1.12. The highest BCUT2D eigenvalue weighted by molar-refractivity contribution is 5.72. The molecule has 1 amide bonds. The molecule has 194 valence electrons. The summed E-state index contributed by atoms with van der Waals surface area (Å²) in [5, 5.41) is 9.17. The van der Waals surface area contributed by atoms with Gasteiger partial charge in [0, 0.05) is 33.3 Å². The van der Waals surface area contributed by atoms with Gasteiger partial charge in [-0.05, 0) is 31.0 Å². The quantitative estimate of drug-likeness (QED) is 0.329. The summed E-state index contributed by atoms with van der Waals surface area (Å²) in [7, 11) is 1.46. The van der Waals surface area contributed by atoms with Gasteiger partial charge in [-0.15, -0.1) is 0 Å². The van der Waals surface area contributed by atoms with Gasteiger partial charge in [-0.2, -0.15) is 13.2 Å². The van der Waals surface area contributed by atoms with Crippen molar-refractivity contribution in [2.75, 3.05) is 59.8 Å². The maximum atomic E-state index is 12.3. The predicted molar refractivity (Wildman–Crippen MR) is 115 cm³/mol. The summed E-state index contributed by atoms with van der Waals surface area (Å²) in [6.07, 6.45) is -5.58. The lowest BCUT2D eigenvalue weighted by molar-refractivity contribution is -0.174. The average Bonchev–Trinajstić information content (AvgIpc) is 2.77. The van der Waals surface area contributed by atoms with E-state index in [2.05, 4.69) is 4.74 Å². The number of hydrogen-bond donors (Lipinski definition) is 1. The minimum absolute atomic E-state index is 0.0395.